The summed E-state index contributed by atoms with van der Waals surface area (Å²) in [5.41, 5.74) is 1.52. The molecule has 1 rings (SSSR count). The van der Waals surface area contributed by atoms with E-state index in [9.17, 15) is 9.59 Å². The second-order valence-electron chi connectivity index (χ2n) is 4.23. The van der Waals surface area contributed by atoms with Crippen molar-refractivity contribution in [2.75, 3.05) is 12.4 Å². The van der Waals surface area contributed by atoms with Gasteiger partial charge in [-0.25, -0.2) is 0 Å². The van der Waals surface area contributed by atoms with Gasteiger partial charge in [-0.15, -0.1) is 0 Å². The number of rotatable bonds is 6. The van der Waals surface area contributed by atoms with Gasteiger partial charge >= 0.3 is 0 Å². The Balaban J connectivity index is 2.78. The van der Waals surface area contributed by atoms with E-state index in [1.807, 2.05) is 6.92 Å². The van der Waals surface area contributed by atoms with Crippen LogP contribution >= 0.6 is 0 Å². The average molecular weight is 264 g/mol. The first-order valence-corrected chi connectivity index (χ1v) is 6.28. The molecule has 0 unspecified atom stereocenters. The number of amides is 2. The second-order valence-corrected chi connectivity index (χ2v) is 4.23. The lowest BCUT2D eigenvalue weighted by Gasteiger charge is -2.12. The lowest BCUT2D eigenvalue weighted by atomic mass is 10.1. The number of benzene rings is 1. The molecular weight excluding hydrogens is 244 g/mol. The Kier molecular flexibility index (Phi) is 5.85. The Bertz CT molecular complexity index is 458. The van der Waals surface area contributed by atoms with Crippen molar-refractivity contribution in [3.05, 3.63) is 23.8 Å². The van der Waals surface area contributed by atoms with Gasteiger partial charge in [0, 0.05) is 31.1 Å². The molecule has 104 valence electrons. The number of hydrogen-bond acceptors (Lipinski definition) is 3. The minimum atomic E-state index is -0.133. The largest absolute Gasteiger partial charge is 0.496 e. The zero-order chi connectivity index (χ0) is 14.3. The van der Waals surface area contributed by atoms with Gasteiger partial charge in [0.2, 0.25) is 11.8 Å². The molecule has 0 aromatic heterocycles. The van der Waals surface area contributed by atoms with Gasteiger partial charge in [0.25, 0.3) is 0 Å². The number of carbonyl (C=O) groups excluding carboxylic acids is 2. The third-order valence-electron chi connectivity index (χ3n) is 2.55. The first-order valence-electron chi connectivity index (χ1n) is 6.28. The molecule has 19 heavy (non-hydrogen) atoms. The molecule has 0 aliphatic carbocycles. The van der Waals surface area contributed by atoms with E-state index in [0.717, 1.165) is 12.0 Å². The first kappa shape index (κ1) is 15.0. The summed E-state index contributed by atoms with van der Waals surface area (Å²) in [6.45, 7) is 3.79. The molecule has 0 fully saturated rings. The topological polar surface area (TPSA) is 67.4 Å². The molecule has 5 nitrogen and oxygen atoms in total. The quantitative estimate of drug-likeness (QED) is 0.826. The zero-order valence-electron chi connectivity index (χ0n) is 11.6. The lowest BCUT2D eigenvalue weighted by Crippen LogP contribution is -2.22. The van der Waals surface area contributed by atoms with E-state index in [1.54, 1.807) is 25.3 Å². The first-order chi connectivity index (χ1) is 9.06. The SMILES string of the molecule is CCCC(=O)NCc1cc(NC(C)=O)ccc1OC. The van der Waals surface area contributed by atoms with Crippen LogP contribution < -0.4 is 15.4 Å². The van der Waals surface area contributed by atoms with E-state index in [1.165, 1.54) is 6.92 Å². The summed E-state index contributed by atoms with van der Waals surface area (Å²) < 4.78 is 5.23. The molecule has 0 spiro atoms. The molecule has 0 saturated heterocycles. The Morgan fingerprint density at radius 1 is 1.32 bits per heavy atom. The number of methoxy groups -OCH3 is 1. The maximum atomic E-state index is 11.5. The minimum Gasteiger partial charge on any atom is -0.496 e. The van der Waals surface area contributed by atoms with Gasteiger partial charge in [-0.1, -0.05) is 6.92 Å². The Labute approximate surface area is 113 Å². The number of anilines is 1. The van der Waals surface area contributed by atoms with Crippen LogP contribution in [0, 0.1) is 0 Å². The molecule has 2 N–H and O–H groups in total. The van der Waals surface area contributed by atoms with Crippen LogP contribution in [0.5, 0.6) is 5.75 Å². The number of nitrogens with one attached hydrogen (secondary N) is 2. The second kappa shape index (κ2) is 7.41. The van der Waals surface area contributed by atoms with Gasteiger partial charge in [-0.2, -0.15) is 0 Å². The van der Waals surface area contributed by atoms with Crippen molar-refractivity contribution in [1.82, 2.24) is 5.32 Å². The summed E-state index contributed by atoms with van der Waals surface area (Å²) in [6.07, 6.45) is 1.32. The predicted molar refractivity (Wildman–Crippen MR) is 74.1 cm³/mol. The van der Waals surface area contributed by atoms with Crippen LogP contribution in [-0.2, 0) is 16.1 Å². The minimum absolute atomic E-state index is 0.00878. The van der Waals surface area contributed by atoms with Gasteiger partial charge in [0.05, 0.1) is 7.11 Å². The van der Waals surface area contributed by atoms with Gasteiger partial charge in [-0.05, 0) is 24.6 Å². The summed E-state index contributed by atoms with van der Waals surface area (Å²) in [5.74, 6) is 0.562. The van der Waals surface area contributed by atoms with Gasteiger partial charge in [0.15, 0.2) is 0 Å². The van der Waals surface area contributed by atoms with Crippen LogP contribution in [0.4, 0.5) is 5.69 Å². The van der Waals surface area contributed by atoms with Gasteiger partial charge in [0.1, 0.15) is 5.75 Å². The number of ether oxygens (including phenoxy) is 1. The van der Waals surface area contributed by atoms with Crippen LogP contribution in [0.15, 0.2) is 18.2 Å². The van der Waals surface area contributed by atoms with E-state index >= 15 is 0 Å². The van der Waals surface area contributed by atoms with Crippen molar-refractivity contribution in [3.63, 3.8) is 0 Å². The molecule has 0 aliphatic rings. The molecule has 0 atom stereocenters. The summed E-state index contributed by atoms with van der Waals surface area (Å²) in [4.78, 5) is 22.5. The Hall–Kier alpha value is -2.04. The Morgan fingerprint density at radius 3 is 2.63 bits per heavy atom. The summed E-state index contributed by atoms with van der Waals surface area (Å²) in [6, 6.07) is 5.33. The number of hydrogen-bond donors (Lipinski definition) is 2. The molecule has 0 saturated carbocycles. The average Bonchev–Trinajstić information content (AvgIpc) is 2.36. The fraction of sp³-hybridized carbons (Fsp3) is 0.429. The van der Waals surface area contributed by atoms with E-state index in [4.69, 9.17) is 4.74 Å². The normalized spacial score (nSPS) is 9.84. The van der Waals surface area contributed by atoms with Crippen LogP contribution in [0.2, 0.25) is 0 Å². The van der Waals surface area contributed by atoms with Crippen molar-refractivity contribution in [2.45, 2.75) is 33.2 Å². The maximum absolute atomic E-state index is 11.5. The monoisotopic (exact) mass is 264 g/mol. The lowest BCUT2D eigenvalue weighted by molar-refractivity contribution is -0.121. The molecule has 0 bridgehead atoms. The van der Waals surface area contributed by atoms with Crippen molar-refractivity contribution in [2.24, 2.45) is 0 Å². The van der Waals surface area contributed by atoms with Crippen molar-refractivity contribution < 1.29 is 14.3 Å². The molecule has 1 aromatic rings. The third kappa shape index (κ3) is 4.99. The van der Waals surface area contributed by atoms with Crippen LogP contribution in [0.1, 0.15) is 32.3 Å². The molecular formula is C14H20N2O3. The fourth-order valence-electron chi connectivity index (χ4n) is 1.71. The summed E-state index contributed by atoms with van der Waals surface area (Å²) >= 11 is 0. The maximum Gasteiger partial charge on any atom is 0.221 e. The smallest absolute Gasteiger partial charge is 0.221 e. The number of carbonyl (C=O) groups is 2. The standard InChI is InChI=1S/C14H20N2O3/c1-4-5-14(18)15-9-11-8-12(16-10(2)17)6-7-13(11)19-3/h6-8H,4-5,9H2,1-3H3,(H,15,18)(H,16,17). The van der Waals surface area contributed by atoms with Crippen LogP contribution in [0.25, 0.3) is 0 Å². The highest BCUT2D eigenvalue weighted by Gasteiger charge is 2.07. The fourth-order valence-corrected chi connectivity index (χ4v) is 1.71. The van der Waals surface area contributed by atoms with E-state index < -0.39 is 0 Å². The Morgan fingerprint density at radius 2 is 2.05 bits per heavy atom. The summed E-state index contributed by atoms with van der Waals surface area (Å²) in [5, 5.41) is 5.53. The molecule has 0 radical (unpaired) electrons. The zero-order valence-corrected chi connectivity index (χ0v) is 11.6. The van der Waals surface area contributed by atoms with E-state index in [-0.39, 0.29) is 11.8 Å². The van der Waals surface area contributed by atoms with Crippen molar-refractivity contribution in [3.8, 4) is 5.75 Å². The van der Waals surface area contributed by atoms with E-state index in [0.29, 0.717) is 24.4 Å². The molecule has 5 heteroatoms. The highest BCUT2D eigenvalue weighted by Crippen LogP contribution is 2.22. The molecule has 0 aliphatic heterocycles. The van der Waals surface area contributed by atoms with Gasteiger partial charge in [-0.3, -0.25) is 9.59 Å². The highest BCUT2D eigenvalue weighted by atomic mass is 16.5. The molecule has 1 aromatic carbocycles. The van der Waals surface area contributed by atoms with Crippen molar-refractivity contribution >= 4 is 17.5 Å². The summed E-state index contributed by atoms with van der Waals surface area (Å²) in [7, 11) is 1.57. The van der Waals surface area contributed by atoms with E-state index in [2.05, 4.69) is 10.6 Å². The van der Waals surface area contributed by atoms with Crippen molar-refractivity contribution in [1.29, 1.82) is 0 Å². The highest BCUT2D eigenvalue weighted by molar-refractivity contribution is 5.88. The van der Waals surface area contributed by atoms with Gasteiger partial charge < -0.3 is 15.4 Å². The van der Waals surface area contributed by atoms with Crippen LogP contribution in [0.3, 0.4) is 0 Å². The van der Waals surface area contributed by atoms with Crippen LogP contribution in [-0.4, -0.2) is 18.9 Å². The third-order valence-corrected chi connectivity index (χ3v) is 2.55. The molecule has 0 heterocycles. The molecule has 2 amide bonds. The predicted octanol–water partition coefficient (Wildman–Crippen LogP) is 2.07.